The lowest BCUT2D eigenvalue weighted by molar-refractivity contribution is 0.595. The Hall–Kier alpha value is -2.10. The van der Waals surface area contributed by atoms with Crippen LogP contribution in [0.1, 0.15) is 11.1 Å². The molecule has 0 fully saturated rings. The fourth-order valence-electron chi connectivity index (χ4n) is 1.85. The Kier molecular flexibility index (Phi) is 4.16. The van der Waals surface area contributed by atoms with Gasteiger partial charge < -0.3 is 5.73 Å². The molecular formula is C14H10ClFN2O2S. The van der Waals surface area contributed by atoms with Crippen LogP contribution in [0.25, 0.3) is 0 Å². The molecule has 7 heteroatoms. The first kappa shape index (κ1) is 15.3. The minimum Gasteiger partial charge on any atom is -0.398 e. The second-order valence-corrected chi connectivity index (χ2v) is 6.75. The molecule has 0 aliphatic rings. The SMILES string of the molecule is N#Cc1ccc(F)cc1CS(=O)(=O)c1cc(Cl)ccc1N. The summed E-state index contributed by atoms with van der Waals surface area (Å²) in [6, 6.07) is 9.28. The highest BCUT2D eigenvalue weighted by Gasteiger charge is 2.21. The molecule has 0 aliphatic carbocycles. The van der Waals surface area contributed by atoms with E-state index in [4.69, 9.17) is 22.6 Å². The Morgan fingerprint density at radius 2 is 1.95 bits per heavy atom. The molecule has 21 heavy (non-hydrogen) atoms. The Morgan fingerprint density at radius 1 is 1.24 bits per heavy atom. The largest absolute Gasteiger partial charge is 0.398 e. The van der Waals surface area contributed by atoms with E-state index in [1.165, 1.54) is 24.3 Å². The quantitative estimate of drug-likeness (QED) is 0.880. The number of hydrogen-bond acceptors (Lipinski definition) is 4. The molecule has 0 saturated heterocycles. The maximum Gasteiger partial charge on any atom is 0.184 e. The minimum absolute atomic E-state index is 0.0503. The molecule has 0 saturated carbocycles. The Morgan fingerprint density at radius 3 is 2.62 bits per heavy atom. The average Bonchev–Trinajstić information content (AvgIpc) is 2.41. The molecule has 0 heterocycles. The van der Waals surface area contributed by atoms with Gasteiger partial charge in [0, 0.05) is 5.02 Å². The minimum atomic E-state index is -3.84. The zero-order chi connectivity index (χ0) is 15.6. The van der Waals surface area contributed by atoms with E-state index in [0.717, 1.165) is 12.1 Å². The number of nitriles is 1. The molecule has 0 bridgehead atoms. The van der Waals surface area contributed by atoms with Gasteiger partial charge in [-0.3, -0.25) is 0 Å². The summed E-state index contributed by atoms with van der Waals surface area (Å²) in [5, 5.41) is 9.19. The van der Waals surface area contributed by atoms with Crippen LogP contribution in [0.2, 0.25) is 5.02 Å². The van der Waals surface area contributed by atoms with Crippen LogP contribution in [0.15, 0.2) is 41.3 Å². The number of nitrogens with zero attached hydrogens (tertiary/aromatic N) is 1. The number of halogens is 2. The Bertz CT molecular complexity index is 845. The summed E-state index contributed by atoms with van der Waals surface area (Å²) in [5.74, 6) is -1.14. The van der Waals surface area contributed by atoms with Gasteiger partial charge in [0.15, 0.2) is 9.84 Å². The lowest BCUT2D eigenvalue weighted by Gasteiger charge is -2.09. The molecule has 0 unspecified atom stereocenters. The molecule has 0 radical (unpaired) electrons. The monoisotopic (exact) mass is 324 g/mol. The number of nitrogens with two attached hydrogens (primary N) is 1. The van der Waals surface area contributed by atoms with Crippen molar-refractivity contribution in [1.82, 2.24) is 0 Å². The van der Waals surface area contributed by atoms with Crippen LogP contribution >= 0.6 is 11.6 Å². The fraction of sp³-hybridized carbons (Fsp3) is 0.0714. The number of rotatable bonds is 3. The summed E-state index contributed by atoms with van der Waals surface area (Å²) in [4.78, 5) is -0.136. The van der Waals surface area contributed by atoms with E-state index in [9.17, 15) is 12.8 Å². The molecule has 0 aromatic heterocycles. The highest BCUT2D eigenvalue weighted by Crippen LogP contribution is 2.26. The number of anilines is 1. The number of sulfone groups is 1. The predicted octanol–water partition coefficient (Wildman–Crippen LogP) is 2.91. The van der Waals surface area contributed by atoms with E-state index in [1.807, 2.05) is 6.07 Å². The van der Waals surface area contributed by atoms with Crippen molar-refractivity contribution in [2.24, 2.45) is 0 Å². The third kappa shape index (κ3) is 3.32. The smallest absolute Gasteiger partial charge is 0.184 e. The van der Waals surface area contributed by atoms with Crippen molar-refractivity contribution in [3.05, 3.63) is 58.4 Å². The molecule has 0 atom stereocenters. The van der Waals surface area contributed by atoms with Gasteiger partial charge in [0.05, 0.1) is 28.0 Å². The van der Waals surface area contributed by atoms with Gasteiger partial charge in [-0.05, 0) is 42.0 Å². The lowest BCUT2D eigenvalue weighted by Crippen LogP contribution is -2.09. The molecule has 108 valence electrons. The third-order valence-electron chi connectivity index (χ3n) is 2.84. The summed E-state index contributed by atoms with van der Waals surface area (Å²) in [5.41, 5.74) is 5.88. The van der Waals surface area contributed by atoms with Gasteiger partial charge in [-0.2, -0.15) is 5.26 Å². The van der Waals surface area contributed by atoms with Crippen LogP contribution in [0.5, 0.6) is 0 Å². The molecule has 2 rings (SSSR count). The van der Waals surface area contributed by atoms with Crippen LogP contribution in [-0.2, 0) is 15.6 Å². The van der Waals surface area contributed by atoms with Crippen LogP contribution in [0.3, 0.4) is 0 Å². The van der Waals surface area contributed by atoms with E-state index in [1.54, 1.807) is 0 Å². The highest BCUT2D eigenvalue weighted by molar-refractivity contribution is 7.90. The fourth-order valence-corrected chi connectivity index (χ4v) is 3.63. The van der Waals surface area contributed by atoms with E-state index >= 15 is 0 Å². The van der Waals surface area contributed by atoms with Gasteiger partial charge in [0.25, 0.3) is 0 Å². The first-order chi connectivity index (χ1) is 9.83. The standard InChI is InChI=1S/C14H10ClFN2O2S/c15-11-2-4-13(18)14(6-11)21(19,20)8-10-5-12(16)3-1-9(10)7-17/h1-6H,8,18H2. The third-order valence-corrected chi connectivity index (χ3v) is 4.79. The zero-order valence-electron chi connectivity index (χ0n) is 10.7. The summed E-state index contributed by atoms with van der Waals surface area (Å²) in [6.45, 7) is 0. The second kappa shape index (κ2) is 5.72. The van der Waals surface area contributed by atoms with Crippen LogP contribution in [0, 0.1) is 17.1 Å². The van der Waals surface area contributed by atoms with Crippen LogP contribution in [0.4, 0.5) is 10.1 Å². The van der Waals surface area contributed by atoms with E-state index < -0.39 is 21.4 Å². The molecule has 0 amide bonds. The first-order valence-electron chi connectivity index (χ1n) is 5.80. The van der Waals surface area contributed by atoms with Crippen molar-refractivity contribution in [1.29, 1.82) is 5.26 Å². The average molecular weight is 325 g/mol. The zero-order valence-corrected chi connectivity index (χ0v) is 12.2. The highest BCUT2D eigenvalue weighted by atomic mass is 35.5. The number of nitrogen functional groups attached to an aromatic ring is 1. The molecular weight excluding hydrogens is 315 g/mol. The first-order valence-corrected chi connectivity index (χ1v) is 7.83. The van der Waals surface area contributed by atoms with Crippen LogP contribution in [-0.4, -0.2) is 8.42 Å². The molecule has 2 aromatic carbocycles. The molecule has 2 N–H and O–H groups in total. The lowest BCUT2D eigenvalue weighted by atomic mass is 10.1. The molecule has 0 spiro atoms. The molecule has 2 aromatic rings. The van der Waals surface area contributed by atoms with Crippen molar-refractivity contribution < 1.29 is 12.8 Å². The van der Waals surface area contributed by atoms with Crippen molar-refractivity contribution in [3.8, 4) is 6.07 Å². The van der Waals surface area contributed by atoms with E-state index in [2.05, 4.69) is 0 Å². The second-order valence-electron chi connectivity index (χ2n) is 4.35. The summed E-state index contributed by atoms with van der Waals surface area (Å²) < 4.78 is 38.0. The topological polar surface area (TPSA) is 84.0 Å². The van der Waals surface area contributed by atoms with Gasteiger partial charge in [-0.15, -0.1) is 0 Å². The van der Waals surface area contributed by atoms with Gasteiger partial charge in [0.1, 0.15) is 5.82 Å². The maximum absolute atomic E-state index is 13.3. The summed E-state index contributed by atoms with van der Waals surface area (Å²) in [6.07, 6.45) is 0. The van der Waals surface area contributed by atoms with Crippen molar-refractivity contribution in [3.63, 3.8) is 0 Å². The molecule has 4 nitrogen and oxygen atoms in total. The Labute approximate surface area is 126 Å². The van der Waals surface area contributed by atoms with Gasteiger partial charge >= 0.3 is 0 Å². The summed E-state index contributed by atoms with van der Waals surface area (Å²) in [7, 11) is -3.84. The predicted molar refractivity (Wildman–Crippen MR) is 77.9 cm³/mol. The normalized spacial score (nSPS) is 11.1. The van der Waals surface area contributed by atoms with Crippen LogP contribution < -0.4 is 5.73 Å². The number of benzene rings is 2. The Balaban J connectivity index is 2.50. The maximum atomic E-state index is 13.3. The van der Waals surface area contributed by atoms with E-state index in [-0.39, 0.29) is 26.7 Å². The van der Waals surface area contributed by atoms with Gasteiger partial charge in [0.2, 0.25) is 0 Å². The van der Waals surface area contributed by atoms with Crippen molar-refractivity contribution in [2.45, 2.75) is 10.6 Å². The molecule has 0 aliphatic heterocycles. The number of hydrogen-bond donors (Lipinski definition) is 1. The van der Waals surface area contributed by atoms with Crippen molar-refractivity contribution >= 4 is 27.1 Å². The van der Waals surface area contributed by atoms with E-state index in [0.29, 0.717) is 0 Å². The van der Waals surface area contributed by atoms with Gasteiger partial charge in [-0.25, -0.2) is 12.8 Å². The summed E-state index contributed by atoms with van der Waals surface area (Å²) >= 11 is 5.78. The van der Waals surface area contributed by atoms with Crippen molar-refractivity contribution in [2.75, 3.05) is 5.73 Å². The van der Waals surface area contributed by atoms with Gasteiger partial charge in [-0.1, -0.05) is 11.6 Å².